The summed E-state index contributed by atoms with van der Waals surface area (Å²) in [5.41, 5.74) is 17.7. The van der Waals surface area contributed by atoms with Crippen LogP contribution >= 0.6 is 0 Å². The van der Waals surface area contributed by atoms with Gasteiger partial charge >= 0.3 is 6.03 Å². The molecule has 0 heterocycles. The molecule has 1 aliphatic rings. The van der Waals surface area contributed by atoms with Crippen molar-refractivity contribution in [3.8, 4) is 0 Å². The molecular weight excluding hydrogens is 937 g/mol. The second-order valence-corrected chi connectivity index (χ2v) is 23.8. The van der Waals surface area contributed by atoms with Crippen LogP contribution in [0.5, 0.6) is 0 Å². The second kappa shape index (κ2) is 44.6. The van der Waals surface area contributed by atoms with Gasteiger partial charge < -0.3 is 61.2 Å². The van der Waals surface area contributed by atoms with E-state index in [-0.39, 0.29) is 41.1 Å². The summed E-state index contributed by atoms with van der Waals surface area (Å²) in [7, 11) is 1.20. The number of urea groups is 1. The number of carbonyl (C=O) groups is 2. The van der Waals surface area contributed by atoms with Crippen LogP contribution in [-0.4, -0.2) is 151 Å². The van der Waals surface area contributed by atoms with Crippen molar-refractivity contribution in [2.75, 3.05) is 105 Å². The van der Waals surface area contributed by atoms with Crippen LogP contribution in [0.2, 0.25) is 6.04 Å². The van der Waals surface area contributed by atoms with E-state index in [1.807, 2.05) is 0 Å². The van der Waals surface area contributed by atoms with E-state index in [1.165, 1.54) is 54.8 Å². The van der Waals surface area contributed by atoms with Crippen molar-refractivity contribution < 1.29 is 38.0 Å². The van der Waals surface area contributed by atoms with E-state index in [9.17, 15) is 9.59 Å². The van der Waals surface area contributed by atoms with E-state index in [2.05, 4.69) is 70.9 Å². The number of amides is 3. The molecule has 0 unspecified atom stereocenters. The monoisotopic (exact) mass is 1060 g/mol. The van der Waals surface area contributed by atoms with Gasteiger partial charge in [-0.15, -0.1) is 0 Å². The molecule has 1 rings (SSSR count). The summed E-state index contributed by atoms with van der Waals surface area (Å²) in [6, 6.07) is 1.25. The number of hydrogen-bond acceptors (Lipinski definition) is 11. The molecule has 14 nitrogen and oxygen atoms in total. The fourth-order valence-corrected chi connectivity index (χ4v) is 11.3. The third-order valence-corrected chi connectivity index (χ3v) is 17.1. The Kier molecular flexibility index (Phi) is 42.5. The van der Waals surface area contributed by atoms with Crippen molar-refractivity contribution in [3.05, 3.63) is 0 Å². The molecule has 0 aliphatic heterocycles. The van der Waals surface area contributed by atoms with Crippen molar-refractivity contribution >= 4 is 22.2 Å². The van der Waals surface area contributed by atoms with Crippen LogP contribution in [0, 0.1) is 34.5 Å². The predicted octanol–water partition coefficient (Wildman–Crippen LogP) is 9.17. The lowest BCUT2D eigenvalue weighted by molar-refractivity contribution is -0.121. The topological polar surface area (TPSA) is 195 Å². The zero-order valence-electron chi connectivity index (χ0n) is 49.1. The Labute approximate surface area is 452 Å². The molecule has 0 radical (unpaired) electrons. The van der Waals surface area contributed by atoms with Crippen molar-refractivity contribution in [1.82, 2.24) is 15.5 Å². The van der Waals surface area contributed by atoms with Crippen LogP contribution in [0.1, 0.15) is 197 Å². The summed E-state index contributed by atoms with van der Waals surface area (Å²) < 4.78 is 36.5. The fourth-order valence-electron chi connectivity index (χ4n) is 10.8. The van der Waals surface area contributed by atoms with Crippen molar-refractivity contribution in [2.24, 2.45) is 51.7 Å². The Bertz CT molecular complexity index is 1310. The maximum atomic E-state index is 13.7. The largest absolute Gasteiger partial charge is 0.378 e. The molecule has 0 aromatic carbocycles. The van der Waals surface area contributed by atoms with Gasteiger partial charge in [-0.05, 0) is 157 Å². The second-order valence-electron chi connectivity index (χ2n) is 22.8. The molecule has 0 spiro atoms. The number of nitrogens with zero attached hydrogens (tertiary/aromatic N) is 1. The molecule has 15 heteroatoms. The summed E-state index contributed by atoms with van der Waals surface area (Å²) in [6.45, 7) is 28.7. The van der Waals surface area contributed by atoms with E-state index >= 15 is 0 Å². The normalized spacial score (nSPS) is 19.2. The Morgan fingerprint density at radius 1 is 0.671 bits per heavy atom. The molecule has 1 aliphatic carbocycles. The minimum Gasteiger partial charge on any atom is -0.378 e. The minimum atomic E-state index is 0.00727. The standard InChI is InChI=1S/C58H120N6O8Si/c1-9-10-11-12-13-15-35-64(56(66)63-34-41-68-43-45-69-44-42-67-40-33-62-55(65)25-14-16-46-73)36-18-22-48(2)53-27-26-49(3)58(53,8)54(72-39-21-32-61)47-50(4)57(6,7)29-28-52(71-38-20-31-60)24-17-23-51(5)70-37-19-30-59/h48-54H,9-47,59-61H2,1-8,73H3,(H,62,65)(H,63,66)/t48-,49-,50-,51+,52+,53-,54+,58+/m1/s1. The van der Waals surface area contributed by atoms with Crippen LogP contribution in [-0.2, 0) is 33.2 Å². The van der Waals surface area contributed by atoms with Gasteiger partial charge in [0.2, 0.25) is 5.91 Å². The Morgan fingerprint density at radius 2 is 1.26 bits per heavy atom. The van der Waals surface area contributed by atoms with Crippen molar-refractivity contribution in [1.29, 1.82) is 0 Å². The molecule has 0 bridgehead atoms. The third-order valence-electron chi connectivity index (χ3n) is 16.4. The maximum absolute atomic E-state index is 13.7. The molecule has 0 saturated heterocycles. The lowest BCUT2D eigenvalue weighted by Gasteiger charge is -2.47. The van der Waals surface area contributed by atoms with Gasteiger partial charge in [0.1, 0.15) is 0 Å². The van der Waals surface area contributed by atoms with E-state index in [0.29, 0.717) is 116 Å². The van der Waals surface area contributed by atoms with Crippen LogP contribution in [0.25, 0.3) is 0 Å². The summed E-state index contributed by atoms with van der Waals surface area (Å²) in [5, 5.41) is 6.06. The quantitative estimate of drug-likeness (QED) is 0.0288. The molecule has 73 heavy (non-hydrogen) atoms. The van der Waals surface area contributed by atoms with Gasteiger partial charge in [0.25, 0.3) is 0 Å². The van der Waals surface area contributed by atoms with Gasteiger partial charge in [-0.25, -0.2) is 4.79 Å². The summed E-state index contributed by atoms with van der Waals surface area (Å²) >= 11 is 0. The zero-order valence-corrected chi connectivity index (χ0v) is 51.1. The summed E-state index contributed by atoms with van der Waals surface area (Å²) in [6.07, 6.45) is 23.9. The third kappa shape index (κ3) is 32.2. The first-order chi connectivity index (χ1) is 35.2. The molecule has 1 saturated carbocycles. The average molecular weight is 1060 g/mol. The average Bonchev–Trinajstić information content (AvgIpc) is 3.68. The van der Waals surface area contributed by atoms with E-state index in [1.54, 1.807) is 0 Å². The summed E-state index contributed by atoms with van der Waals surface area (Å²) in [5.74, 6) is 2.15. The van der Waals surface area contributed by atoms with Gasteiger partial charge in [0.15, 0.2) is 0 Å². The highest BCUT2D eigenvalue weighted by Crippen LogP contribution is 2.56. The van der Waals surface area contributed by atoms with Crippen LogP contribution in [0.3, 0.4) is 0 Å². The highest BCUT2D eigenvalue weighted by molar-refractivity contribution is 6.08. The number of ether oxygens (including phenoxy) is 6. The SMILES string of the molecule is CCCCCCCCN(CCC[C@@H](C)[C@H]1CC[C@@H](C)[C@]1(C)[C@H](C[C@@H](C)C(C)(C)CC[C@H](CCC[C@H](C)OCCCN)OCCCN)OCCCN)C(=O)NCCOCCOCCOCCNC(=O)CCCC[SiH3]. The molecule has 0 aromatic heterocycles. The van der Waals surface area contributed by atoms with Gasteiger partial charge in [0, 0.05) is 62.7 Å². The van der Waals surface area contributed by atoms with E-state index in [4.69, 9.17) is 45.6 Å². The van der Waals surface area contributed by atoms with Gasteiger partial charge in [-0.2, -0.15) is 0 Å². The number of nitrogens with one attached hydrogen (secondary N) is 2. The van der Waals surface area contributed by atoms with E-state index in [0.717, 1.165) is 116 Å². The molecule has 1 fully saturated rings. The molecule has 8 atom stereocenters. The molecule has 0 aromatic rings. The predicted molar refractivity (Wildman–Crippen MR) is 307 cm³/mol. The molecule has 8 N–H and O–H groups in total. The van der Waals surface area contributed by atoms with Crippen molar-refractivity contribution in [3.63, 3.8) is 0 Å². The number of unbranched alkanes of at least 4 members (excludes halogenated alkanes) is 6. The molecule has 434 valence electrons. The van der Waals surface area contributed by atoms with Crippen LogP contribution < -0.4 is 27.8 Å². The van der Waals surface area contributed by atoms with E-state index < -0.39 is 0 Å². The minimum absolute atomic E-state index is 0.00727. The number of rotatable bonds is 51. The lowest BCUT2D eigenvalue weighted by Crippen LogP contribution is -2.46. The van der Waals surface area contributed by atoms with Gasteiger partial charge in [-0.3, -0.25) is 4.79 Å². The van der Waals surface area contributed by atoms with Crippen LogP contribution in [0.4, 0.5) is 4.79 Å². The lowest BCUT2D eigenvalue weighted by atomic mass is 9.62. The number of nitrogens with two attached hydrogens (primary N) is 3. The molecular formula is C58H120N6O8Si. The fraction of sp³-hybridized carbons (Fsp3) is 0.966. The van der Waals surface area contributed by atoms with Gasteiger partial charge in [-0.1, -0.05) is 93.0 Å². The maximum Gasteiger partial charge on any atom is 0.317 e. The van der Waals surface area contributed by atoms with Crippen LogP contribution in [0.15, 0.2) is 0 Å². The smallest absolute Gasteiger partial charge is 0.317 e. The Morgan fingerprint density at radius 3 is 1.90 bits per heavy atom. The first kappa shape index (κ1) is 69.6. The van der Waals surface area contributed by atoms with Gasteiger partial charge in [0.05, 0.1) is 58.0 Å². The molecule has 3 amide bonds. The first-order valence-corrected chi connectivity index (χ1v) is 31.6. The summed E-state index contributed by atoms with van der Waals surface area (Å²) in [4.78, 5) is 27.6. The number of hydrogen-bond donors (Lipinski definition) is 5. The highest BCUT2D eigenvalue weighted by Gasteiger charge is 2.52. The number of carbonyl (C=O) groups excluding carboxylic acids is 2. The highest BCUT2D eigenvalue weighted by atomic mass is 28.1. The Balaban J connectivity index is 2.83. The first-order valence-electron chi connectivity index (χ1n) is 30.2. The Hall–Kier alpha value is -1.40. The van der Waals surface area contributed by atoms with Crippen molar-refractivity contribution in [2.45, 2.75) is 221 Å². The zero-order chi connectivity index (χ0) is 54.0.